The summed E-state index contributed by atoms with van der Waals surface area (Å²) < 4.78 is 35.9. The van der Waals surface area contributed by atoms with E-state index in [9.17, 15) is 24.3 Å². The van der Waals surface area contributed by atoms with Crippen LogP contribution in [0.1, 0.15) is 51.4 Å². The number of para-hydroxylation sites is 1. The highest BCUT2D eigenvalue weighted by molar-refractivity contribution is 7.58. The van der Waals surface area contributed by atoms with Crippen LogP contribution in [0, 0.1) is 17.7 Å². The van der Waals surface area contributed by atoms with Crippen molar-refractivity contribution in [3.8, 4) is 5.75 Å². The van der Waals surface area contributed by atoms with Crippen LogP contribution >= 0.6 is 7.37 Å². The third kappa shape index (κ3) is 8.82. The van der Waals surface area contributed by atoms with Gasteiger partial charge in [-0.25, -0.2) is 4.39 Å². The Balaban J connectivity index is 1.71. The molecule has 0 heterocycles. The van der Waals surface area contributed by atoms with Crippen LogP contribution in [0.3, 0.4) is 0 Å². The molecule has 178 valence electrons. The first kappa shape index (κ1) is 26.3. The van der Waals surface area contributed by atoms with Crippen molar-refractivity contribution in [1.82, 2.24) is 0 Å². The zero-order chi connectivity index (χ0) is 22.9. The molecule has 6 atom stereocenters. The van der Waals surface area contributed by atoms with E-state index in [4.69, 9.17) is 9.26 Å². The highest BCUT2D eigenvalue weighted by Gasteiger charge is 2.40. The molecule has 0 amide bonds. The van der Waals surface area contributed by atoms with E-state index in [1.807, 2.05) is 0 Å². The highest BCUT2D eigenvalue weighted by Crippen LogP contribution is 2.42. The molecule has 1 aliphatic rings. The minimum absolute atomic E-state index is 0.00550. The van der Waals surface area contributed by atoms with Crippen LogP contribution in [0.2, 0.25) is 0 Å². The number of hydrogen-bond donors (Lipinski definition) is 3. The fourth-order valence-electron chi connectivity index (χ4n) is 4.42. The third-order valence-corrected chi connectivity index (χ3v) is 8.26. The molecule has 0 spiro atoms. The van der Waals surface area contributed by atoms with E-state index in [1.165, 1.54) is 19.2 Å². The maximum Gasteiger partial charge on any atom is 0.199 e. The molecule has 1 fully saturated rings. The molecule has 1 saturated carbocycles. The normalized spacial score (nSPS) is 26.5. The first-order valence-corrected chi connectivity index (χ1v) is 13.5. The van der Waals surface area contributed by atoms with Gasteiger partial charge < -0.3 is 24.6 Å². The number of rotatable bonds is 14. The van der Waals surface area contributed by atoms with Gasteiger partial charge in [0.1, 0.15) is 6.61 Å². The van der Waals surface area contributed by atoms with Gasteiger partial charge in [-0.2, -0.15) is 0 Å². The van der Waals surface area contributed by atoms with Gasteiger partial charge in [-0.15, -0.1) is 0 Å². The van der Waals surface area contributed by atoms with Gasteiger partial charge in [0.15, 0.2) is 18.9 Å². The van der Waals surface area contributed by atoms with Crippen LogP contribution in [0.15, 0.2) is 24.3 Å². The van der Waals surface area contributed by atoms with Gasteiger partial charge in [0.25, 0.3) is 0 Å². The predicted octanol–water partition coefficient (Wildman–Crippen LogP) is 4.21. The van der Waals surface area contributed by atoms with E-state index >= 15 is 0 Å². The Morgan fingerprint density at radius 1 is 1.10 bits per heavy atom. The largest absolute Gasteiger partial charge is 0.488 e. The predicted molar refractivity (Wildman–Crippen MR) is 119 cm³/mol. The number of unbranched alkanes of at least 4 members (excludes halogenated alkanes) is 3. The maximum absolute atomic E-state index is 13.6. The summed E-state index contributed by atoms with van der Waals surface area (Å²) in [4.78, 5) is 0. The standard InChI is InChI=1S/C23H38FO6P/c1-29-31(2,28)14-8-4-3-5-9-18-19(22(27)15-21(18)26)13-12-17(25)16-30-23-11-7-6-10-20(23)24/h6-7,10-11,17-19,21-22,25-27H,3-5,8-9,12-16H2,1-2H3/t17?,18-,19-,21?,22?,31?/m1/s1. The van der Waals surface area contributed by atoms with Crippen molar-refractivity contribution < 1.29 is 33.5 Å². The molecule has 2 rings (SSSR count). The van der Waals surface area contributed by atoms with Crippen molar-refractivity contribution in [2.75, 3.05) is 26.5 Å². The molecule has 8 heteroatoms. The van der Waals surface area contributed by atoms with E-state index in [0.717, 1.165) is 32.1 Å². The SMILES string of the molecule is COP(C)(=O)CCCCCC[C@H]1C(O)CC(O)[C@@H]1CCC(O)COc1ccccc1F. The lowest BCUT2D eigenvalue weighted by Gasteiger charge is -2.24. The minimum atomic E-state index is -2.45. The maximum atomic E-state index is 13.6. The van der Waals surface area contributed by atoms with E-state index < -0.39 is 31.5 Å². The van der Waals surface area contributed by atoms with Crippen LogP contribution < -0.4 is 4.74 Å². The Morgan fingerprint density at radius 2 is 1.74 bits per heavy atom. The molecule has 4 unspecified atom stereocenters. The zero-order valence-electron chi connectivity index (χ0n) is 18.7. The fourth-order valence-corrected chi connectivity index (χ4v) is 5.40. The summed E-state index contributed by atoms with van der Waals surface area (Å²) in [6.07, 6.45) is 4.63. The summed E-state index contributed by atoms with van der Waals surface area (Å²) in [6, 6.07) is 6.07. The molecule has 0 aromatic heterocycles. The van der Waals surface area contributed by atoms with Gasteiger partial charge in [0.2, 0.25) is 0 Å². The van der Waals surface area contributed by atoms with Crippen LogP contribution in [-0.2, 0) is 9.09 Å². The molecule has 1 aromatic carbocycles. The summed E-state index contributed by atoms with van der Waals surface area (Å²) in [7, 11) is -0.963. The fraction of sp³-hybridized carbons (Fsp3) is 0.739. The Labute approximate surface area is 185 Å². The molecule has 0 bridgehead atoms. The number of benzene rings is 1. The molecule has 1 aromatic rings. The van der Waals surface area contributed by atoms with Gasteiger partial charge >= 0.3 is 0 Å². The lowest BCUT2D eigenvalue weighted by atomic mass is 9.85. The molecule has 1 aliphatic carbocycles. The average Bonchev–Trinajstić information content (AvgIpc) is 3.00. The number of halogens is 1. The van der Waals surface area contributed by atoms with E-state index in [0.29, 0.717) is 25.4 Å². The summed E-state index contributed by atoms with van der Waals surface area (Å²) in [5.41, 5.74) is 0. The monoisotopic (exact) mass is 460 g/mol. The smallest absolute Gasteiger partial charge is 0.199 e. The van der Waals surface area contributed by atoms with Crippen LogP contribution in [-0.4, -0.2) is 60.2 Å². The summed E-state index contributed by atoms with van der Waals surface area (Å²) >= 11 is 0. The molecular formula is C23H38FO6P. The molecule has 3 N–H and O–H groups in total. The Bertz CT molecular complexity index is 702. The third-order valence-electron chi connectivity index (χ3n) is 6.36. The van der Waals surface area contributed by atoms with E-state index in [1.54, 1.807) is 18.8 Å². The van der Waals surface area contributed by atoms with E-state index in [-0.39, 0.29) is 24.2 Å². The first-order chi connectivity index (χ1) is 14.7. The van der Waals surface area contributed by atoms with Gasteiger partial charge in [-0.05, 0) is 56.1 Å². The average molecular weight is 461 g/mol. The summed E-state index contributed by atoms with van der Waals surface area (Å²) in [6.45, 7) is 1.64. The lowest BCUT2D eigenvalue weighted by molar-refractivity contribution is 0.0632. The van der Waals surface area contributed by atoms with E-state index in [2.05, 4.69) is 0 Å². The topological polar surface area (TPSA) is 96.2 Å². The second-order valence-electron chi connectivity index (χ2n) is 8.79. The van der Waals surface area contributed by atoms with Crippen molar-refractivity contribution in [1.29, 1.82) is 0 Å². The molecule has 0 saturated heterocycles. The van der Waals surface area contributed by atoms with Crippen molar-refractivity contribution in [2.24, 2.45) is 11.8 Å². The van der Waals surface area contributed by atoms with Crippen molar-refractivity contribution in [3.05, 3.63) is 30.1 Å². The summed E-state index contributed by atoms with van der Waals surface area (Å²) in [5.74, 6) is -0.415. The van der Waals surface area contributed by atoms with Crippen molar-refractivity contribution in [3.63, 3.8) is 0 Å². The quantitative estimate of drug-likeness (QED) is 0.284. The second-order valence-corrected chi connectivity index (χ2v) is 11.6. The Kier molecular flexibility index (Phi) is 10.9. The molecule has 31 heavy (non-hydrogen) atoms. The van der Waals surface area contributed by atoms with Crippen molar-refractivity contribution in [2.45, 2.75) is 69.7 Å². The highest BCUT2D eigenvalue weighted by atomic mass is 31.2. The van der Waals surface area contributed by atoms with Crippen LogP contribution in [0.25, 0.3) is 0 Å². The molecule has 0 aliphatic heterocycles. The van der Waals surface area contributed by atoms with Gasteiger partial charge in [0.05, 0.1) is 18.3 Å². The molecule has 0 radical (unpaired) electrons. The van der Waals surface area contributed by atoms with Gasteiger partial charge in [0, 0.05) is 19.9 Å². The number of hydrogen-bond acceptors (Lipinski definition) is 6. The van der Waals surface area contributed by atoms with Crippen LogP contribution in [0.4, 0.5) is 4.39 Å². The number of aliphatic hydroxyl groups excluding tert-OH is 3. The number of aliphatic hydroxyl groups is 3. The zero-order valence-corrected chi connectivity index (χ0v) is 19.6. The molecular weight excluding hydrogens is 422 g/mol. The first-order valence-electron chi connectivity index (χ1n) is 11.3. The lowest BCUT2D eigenvalue weighted by Crippen LogP contribution is -2.25. The molecule has 6 nitrogen and oxygen atoms in total. The van der Waals surface area contributed by atoms with Gasteiger partial charge in [-0.1, -0.05) is 31.4 Å². The van der Waals surface area contributed by atoms with Gasteiger partial charge in [-0.3, -0.25) is 4.57 Å². The van der Waals surface area contributed by atoms with Crippen LogP contribution in [0.5, 0.6) is 5.75 Å². The summed E-state index contributed by atoms with van der Waals surface area (Å²) in [5, 5.41) is 31.0. The van der Waals surface area contributed by atoms with Crippen molar-refractivity contribution >= 4 is 7.37 Å². The second kappa shape index (κ2) is 12.9. The Morgan fingerprint density at radius 3 is 2.42 bits per heavy atom. The number of ether oxygens (including phenoxy) is 1. The minimum Gasteiger partial charge on any atom is -0.488 e. The Hall–Kier alpha value is -0.980.